The van der Waals surface area contributed by atoms with Crippen LogP contribution in [0.2, 0.25) is 0 Å². The molecule has 0 saturated heterocycles. The fourth-order valence-corrected chi connectivity index (χ4v) is 1.17. The minimum atomic E-state index is 1.05. The van der Waals surface area contributed by atoms with Crippen molar-refractivity contribution in [2.75, 3.05) is 0 Å². The van der Waals surface area contributed by atoms with Gasteiger partial charge in [0.25, 0.3) is 0 Å². The van der Waals surface area contributed by atoms with Crippen LogP contribution in [-0.4, -0.2) is 0 Å². The molecule has 12 heavy (non-hydrogen) atoms. The van der Waals surface area contributed by atoms with Crippen LogP contribution in [0.25, 0.3) is 5.57 Å². The van der Waals surface area contributed by atoms with E-state index in [1.165, 1.54) is 11.1 Å². The summed E-state index contributed by atoms with van der Waals surface area (Å²) < 4.78 is 0. The molecule has 0 saturated carbocycles. The highest BCUT2D eigenvalue weighted by Crippen LogP contribution is 2.14. The van der Waals surface area contributed by atoms with Crippen molar-refractivity contribution in [3.8, 4) is 0 Å². The Hall–Kier alpha value is -1.30. The van der Waals surface area contributed by atoms with E-state index in [0.717, 1.165) is 6.42 Å². The molecule has 0 aromatic heterocycles. The first kappa shape index (κ1) is 8.79. The zero-order valence-corrected chi connectivity index (χ0v) is 7.46. The fraction of sp³-hybridized carbons (Fsp3) is 0.167. The van der Waals surface area contributed by atoms with Crippen molar-refractivity contribution >= 4 is 5.57 Å². The highest BCUT2D eigenvalue weighted by atomic mass is 14.0. The summed E-state index contributed by atoms with van der Waals surface area (Å²) in [4.78, 5) is 0. The molecule has 62 valence electrons. The second kappa shape index (κ2) is 4.55. The van der Waals surface area contributed by atoms with Crippen molar-refractivity contribution in [3.05, 3.63) is 54.6 Å². The van der Waals surface area contributed by atoms with Crippen LogP contribution in [0.5, 0.6) is 0 Å². The lowest BCUT2D eigenvalue weighted by Crippen LogP contribution is -1.78. The quantitative estimate of drug-likeness (QED) is 0.589. The van der Waals surface area contributed by atoms with Gasteiger partial charge in [-0.25, -0.2) is 0 Å². The van der Waals surface area contributed by atoms with Crippen LogP contribution in [0.15, 0.2) is 49.1 Å². The second-order valence-electron chi connectivity index (χ2n) is 2.64. The summed E-state index contributed by atoms with van der Waals surface area (Å²) in [5, 5.41) is 0. The maximum atomic E-state index is 3.79. The summed E-state index contributed by atoms with van der Waals surface area (Å²) in [7, 11) is 0. The molecule has 0 aliphatic heterocycles. The first-order chi connectivity index (χ1) is 5.88. The van der Waals surface area contributed by atoms with Gasteiger partial charge in [0.05, 0.1) is 0 Å². The van der Waals surface area contributed by atoms with Gasteiger partial charge in [-0.1, -0.05) is 56.0 Å². The molecule has 0 bridgehead atoms. The Kier molecular flexibility index (Phi) is 3.34. The SMILES string of the molecule is C=CC(=CCC)c1ccccc1. The summed E-state index contributed by atoms with van der Waals surface area (Å²) in [6.07, 6.45) is 5.14. The van der Waals surface area contributed by atoms with Crippen molar-refractivity contribution in [2.45, 2.75) is 13.3 Å². The van der Waals surface area contributed by atoms with Gasteiger partial charge >= 0.3 is 0 Å². The number of benzene rings is 1. The van der Waals surface area contributed by atoms with E-state index in [1.807, 2.05) is 24.3 Å². The zero-order valence-electron chi connectivity index (χ0n) is 7.46. The monoisotopic (exact) mass is 158 g/mol. The first-order valence-corrected chi connectivity index (χ1v) is 4.26. The van der Waals surface area contributed by atoms with Gasteiger partial charge in [0.2, 0.25) is 0 Å². The Labute approximate surface area is 74.2 Å². The Morgan fingerprint density at radius 3 is 2.50 bits per heavy atom. The molecule has 0 heteroatoms. The molecule has 0 heterocycles. The van der Waals surface area contributed by atoms with Crippen LogP contribution in [0.3, 0.4) is 0 Å². The maximum absolute atomic E-state index is 3.79. The Balaban J connectivity index is 2.96. The molecule has 0 nitrogen and oxygen atoms in total. The Morgan fingerprint density at radius 2 is 2.00 bits per heavy atom. The molecule has 0 unspecified atom stereocenters. The van der Waals surface area contributed by atoms with Crippen LogP contribution in [0, 0.1) is 0 Å². The van der Waals surface area contributed by atoms with Gasteiger partial charge in [-0.3, -0.25) is 0 Å². The third-order valence-electron chi connectivity index (χ3n) is 1.75. The van der Waals surface area contributed by atoms with Crippen molar-refractivity contribution in [1.29, 1.82) is 0 Å². The number of hydrogen-bond donors (Lipinski definition) is 0. The molecular formula is C12H14. The maximum Gasteiger partial charge on any atom is -0.0187 e. The normalized spacial score (nSPS) is 11.2. The molecule has 0 spiro atoms. The fourth-order valence-electron chi connectivity index (χ4n) is 1.17. The third-order valence-corrected chi connectivity index (χ3v) is 1.75. The van der Waals surface area contributed by atoms with Gasteiger partial charge in [-0.05, 0) is 17.6 Å². The van der Waals surface area contributed by atoms with Crippen LogP contribution >= 0.6 is 0 Å². The minimum Gasteiger partial charge on any atom is -0.0985 e. The van der Waals surface area contributed by atoms with Crippen LogP contribution in [-0.2, 0) is 0 Å². The van der Waals surface area contributed by atoms with Gasteiger partial charge in [0.15, 0.2) is 0 Å². The van der Waals surface area contributed by atoms with E-state index >= 15 is 0 Å². The number of allylic oxidation sites excluding steroid dienone is 3. The predicted molar refractivity (Wildman–Crippen MR) is 54.9 cm³/mol. The highest BCUT2D eigenvalue weighted by molar-refractivity contribution is 5.73. The minimum absolute atomic E-state index is 1.05. The van der Waals surface area contributed by atoms with E-state index < -0.39 is 0 Å². The highest BCUT2D eigenvalue weighted by Gasteiger charge is 1.92. The molecule has 0 atom stereocenters. The first-order valence-electron chi connectivity index (χ1n) is 4.26. The largest absolute Gasteiger partial charge is 0.0985 e. The lowest BCUT2D eigenvalue weighted by atomic mass is 10.1. The van der Waals surface area contributed by atoms with Crippen molar-refractivity contribution < 1.29 is 0 Å². The van der Waals surface area contributed by atoms with Crippen LogP contribution in [0.1, 0.15) is 18.9 Å². The van der Waals surface area contributed by atoms with Gasteiger partial charge < -0.3 is 0 Å². The Morgan fingerprint density at radius 1 is 1.33 bits per heavy atom. The van der Waals surface area contributed by atoms with Gasteiger partial charge in [0.1, 0.15) is 0 Å². The predicted octanol–water partition coefficient (Wildman–Crippen LogP) is 3.67. The smallest absolute Gasteiger partial charge is 0.0187 e. The zero-order chi connectivity index (χ0) is 8.81. The molecule has 0 aliphatic carbocycles. The van der Waals surface area contributed by atoms with Crippen molar-refractivity contribution in [1.82, 2.24) is 0 Å². The Bertz CT molecular complexity index is 267. The summed E-state index contributed by atoms with van der Waals surface area (Å²) >= 11 is 0. The van der Waals surface area contributed by atoms with Crippen molar-refractivity contribution in [2.24, 2.45) is 0 Å². The van der Waals surface area contributed by atoms with E-state index in [1.54, 1.807) is 0 Å². The molecule has 0 N–H and O–H groups in total. The average Bonchev–Trinajstić information content (AvgIpc) is 2.15. The van der Waals surface area contributed by atoms with E-state index in [4.69, 9.17) is 0 Å². The molecule has 0 amide bonds. The van der Waals surface area contributed by atoms with E-state index in [2.05, 4.69) is 31.7 Å². The molecule has 0 aliphatic rings. The van der Waals surface area contributed by atoms with Gasteiger partial charge in [-0.2, -0.15) is 0 Å². The van der Waals surface area contributed by atoms with Crippen LogP contribution in [0.4, 0.5) is 0 Å². The molecule has 0 radical (unpaired) electrons. The molecule has 0 fully saturated rings. The lowest BCUT2D eigenvalue weighted by Gasteiger charge is -2.00. The van der Waals surface area contributed by atoms with Crippen molar-refractivity contribution in [3.63, 3.8) is 0 Å². The summed E-state index contributed by atoms with van der Waals surface area (Å²) in [5.74, 6) is 0. The van der Waals surface area contributed by atoms with E-state index in [9.17, 15) is 0 Å². The molecular weight excluding hydrogens is 144 g/mol. The summed E-state index contributed by atoms with van der Waals surface area (Å²) in [6.45, 7) is 5.92. The number of rotatable bonds is 3. The second-order valence-corrected chi connectivity index (χ2v) is 2.64. The van der Waals surface area contributed by atoms with E-state index in [0.29, 0.717) is 0 Å². The molecule has 1 aromatic carbocycles. The molecule has 1 rings (SSSR count). The van der Waals surface area contributed by atoms with Crippen LogP contribution < -0.4 is 0 Å². The topological polar surface area (TPSA) is 0 Å². The van der Waals surface area contributed by atoms with Gasteiger partial charge in [-0.15, -0.1) is 0 Å². The standard InChI is InChI=1S/C12H14/c1-3-8-11(4-2)12-9-6-5-7-10-12/h4-10H,2-3H2,1H3. The van der Waals surface area contributed by atoms with E-state index in [-0.39, 0.29) is 0 Å². The number of hydrogen-bond acceptors (Lipinski definition) is 0. The third kappa shape index (κ3) is 2.09. The summed E-state index contributed by atoms with van der Waals surface area (Å²) in [6, 6.07) is 10.3. The molecule has 1 aromatic rings. The average molecular weight is 158 g/mol. The lowest BCUT2D eigenvalue weighted by molar-refractivity contribution is 1.23. The summed E-state index contributed by atoms with van der Waals surface area (Å²) in [5.41, 5.74) is 2.47. The van der Waals surface area contributed by atoms with Gasteiger partial charge in [0, 0.05) is 0 Å².